The summed E-state index contributed by atoms with van der Waals surface area (Å²) in [5.74, 6) is 1.83. The summed E-state index contributed by atoms with van der Waals surface area (Å²) in [7, 11) is 1.61. The molecule has 0 aliphatic rings. The number of aromatic hydroxyl groups is 1. The third kappa shape index (κ3) is 2.33. The number of aromatic nitrogens is 2. The normalized spacial score (nSPS) is 10.4. The van der Waals surface area contributed by atoms with Gasteiger partial charge in [0.25, 0.3) is 5.89 Å². The van der Waals surface area contributed by atoms with Crippen molar-refractivity contribution < 1.29 is 14.4 Å². The van der Waals surface area contributed by atoms with Crippen molar-refractivity contribution in [3.05, 3.63) is 48.5 Å². The van der Waals surface area contributed by atoms with Crippen LogP contribution in [0.15, 0.2) is 53.1 Å². The van der Waals surface area contributed by atoms with E-state index in [-0.39, 0.29) is 5.75 Å². The molecule has 0 saturated carbocycles. The van der Waals surface area contributed by atoms with Crippen molar-refractivity contribution in [3.8, 4) is 34.3 Å². The van der Waals surface area contributed by atoms with Gasteiger partial charge in [0.2, 0.25) is 5.82 Å². The second-order valence-electron chi connectivity index (χ2n) is 4.20. The molecule has 0 amide bonds. The maximum absolute atomic E-state index is 9.27. The molecule has 1 aromatic heterocycles. The van der Waals surface area contributed by atoms with E-state index in [9.17, 15) is 5.11 Å². The highest BCUT2D eigenvalue weighted by molar-refractivity contribution is 5.61. The van der Waals surface area contributed by atoms with Crippen molar-refractivity contribution in [1.82, 2.24) is 10.1 Å². The van der Waals surface area contributed by atoms with Gasteiger partial charge in [-0.2, -0.15) is 4.98 Å². The first-order valence-electron chi connectivity index (χ1n) is 6.04. The van der Waals surface area contributed by atoms with E-state index in [2.05, 4.69) is 10.1 Å². The number of methoxy groups -OCH3 is 1. The monoisotopic (exact) mass is 268 g/mol. The minimum Gasteiger partial charge on any atom is -0.508 e. The molecule has 0 atom stereocenters. The number of phenols is 1. The van der Waals surface area contributed by atoms with E-state index < -0.39 is 0 Å². The van der Waals surface area contributed by atoms with E-state index in [1.54, 1.807) is 31.4 Å². The molecule has 0 aliphatic heterocycles. The van der Waals surface area contributed by atoms with Gasteiger partial charge in [0, 0.05) is 11.1 Å². The van der Waals surface area contributed by atoms with Gasteiger partial charge in [-0.15, -0.1) is 0 Å². The maximum Gasteiger partial charge on any atom is 0.258 e. The Bertz CT molecular complexity index is 720. The van der Waals surface area contributed by atoms with Crippen molar-refractivity contribution in [2.75, 3.05) is 7.11 Å². The Morgan fingerprint density at radius 1 is 1.05 bits per heavy atom. The average molecular weight is 268 g/mol. The molecule has 0 unspecified atom stereocenters. The van der Waals surface area contributed by atoms with E-state index in [1.165, 1.54) is 0 Å². The molecule has 3 rings (SSSR count). The minimum absolute atomic E-state index is 0.199. The van der Waals surface area contributed by atoms with Crippen LogP contribution in [0.25, 0.3) is 22.8 Å². The van der Waals surface area contributed by atoms with Crippen LogP contribution in [0.3, 0.4) is 0 Å². The Balaban J connectivity index is 1.95. The Hall–Kier alpha value is -2.82. The average Bonchev–Trinajstić information content (AvgIpc) is 2.98. The molecule has 0 radical (unpaired) electrons. The Morgan fingerprint density at radius 3 is 2.60 bits per heavy atom. The second kappa shape index (κ2) is 5.05. The van der Waals surface area contributed by atoms with Crippen molar-refractivity contribution in [3.63, 3.8) is 0 Å². The van der Waals surface area contributed by atoms with Crippen molar-refractivity contribution in [2.24, 2.45) is 0 Å². The van der Waals surface area contributed by atoms with Gasteiger partial charge < -0.3 is 14.4 Å². The molecule has 5 nitrogen and oxygen atoms in total. The molecular formula is C15H12N2O3. The second-order valence-corrected chi connectivity index (χ2v) is 4.20. The maximum atomic E-state index is 9.27. The zero-order valence-electron chi connectivity index (χ0n) is 10.8. The van der Waals surface area contributed by atoms with E-state index in [4.69, 9.17) is 9.26 Å². The van der Waals surface area contributed by atoms with Crippen LogP contribution in [0.4, 0.5) is 0 Å². The number of benzene rings is 2. The Kier molecular flexibility index (Phi) is 3.09. The van der Waals surface area contributed by atoms with Crippen molar-refractivity contribution in [2.45, 2.75) is 0 Å². The summed E-state index contributed by atoms with van der Waals surface area (Å²) in [6.07, 6.45) is 0. The summed E-state index contributed by atoms with van der Waals surface area (Å²) < 4.78 is 10.4. The fourth-order valence-electron chi connectivity index (χ4n) is 1.82. The van der Waals surface area contributed by atoms with E-state index in [1.807, 2.05) is 24.3 Å². The number of nitrogens with zero attached hydrogens (tertiary/aromatic N) is 2. The topological polar surface area (TPSA) is 68.4 Å². The lowest BCUT2D eigenvalue weighted by Crippen LogP contribution is -1.84. The fourth-order valence-corrected chi connectivity index (χ4v) is 1.82. The molecule has 0 aliphatic carbocycles. The molecule has 3 aromatic rings. The van der Waals surface area contributed by atoms with Gasteiger partial charge in [0.15, 0.2) is 0 Å². The molecule has 0 fully saturated rings. The van der Waals surface area contributed by atoms with Crippen LogP contribution in [0.1, 0.15) is 0 Å². The zero-order valence-corrected chi connectivity index (χ0v) is 10.8. The highest BCUT2D eigenvalue weighted by Gasteiger charge is 2.11. The lowest BCUT2D eigenvalue weighted by Gasteiger charge is -1.99. The van der Waals surface area contributed by atoms with Crippen LogP contribution < -0.4 is 4.74 Å². The molecule has 0 spiro atoms. The lowest BCUT2D eigenvalue weighted by atomic mass is 10.2. The summed E-state index contributed by atoms with van der Waals surface area (Å²) in [6, 6.07) is 14.0. The number of hydrogen-bond acceptors (Lipinski definition) is 5. The van der Waals surface area contributed by atoms with Crippen LogP contribution >= 0.6 is 0 Å². The molecular weight excluding hydrogens is 256 g/mol. The van der Waals surface area contributed by atoms with Gasteiger partial charge in [0.1, 0.15) is 11.5 Å². The van der Waals surface area contributed by atoms with Gasteiger partial charge in [0.05, 0.1) is 7.11 Å². The third-order valence-electron chi connectivity index (χ3n) is 2.87. The SMILES string of the molecule is COc1cccc(-c2nc(-c3ccc(O)cc3)no2)c1. The van der Waals surface area contributed by atoms with Crippen LogP contribution in [0.5, 0.6) is 11.5 Å². The first kappa shape index (κ1) is 12.2. The van der Waals surface area contributed by atoms with Gasteiger partial charge in [-0.05, 0) is 42.5 Å². The minimum atomic E-state index is 0.199. The Morgan fingerprint density at radius 2 is 1.85 bits per heavy atom. The summed E-state index contributed by atoms with van der Waals surface area (Å²) in [5, 5.41) is 13.2. The van der Waals surface area contributed by atoms with Gasteiger partial charge in [-0.1, -0.05) is 11.2 Å². The highest BCUT2D eigenvalue weighted by atomic mass is 16.5. The van der Waals surface area contributed by atoms with Crippen LogP contribution in [-0.2, 0) is 0 Å². The van der Waals surface area contributed by atoms with E-state index in [0.29, 0.717) is 11.7 Å². The van der Waals surface area contributed by atoms with Gasteiger partial charge in [-0.25, -0.2) is 0 Å². The molecule has 0 saturated heterocycles. The van der Waals surface area contributed by atoms with Gasteiger partial charge >= 0.3 is 0 Å². The largest absolute Gasteiger partial charge is 0.508 e. The fraction of sp³-hybridized carbons (Fsp3) is 0.0667. The molecule has 1 N–H and O–H groups in total. The number of hydrogen-bond donors (Lipinski definition) is 1. The summed E-state index contributed by atoms with van der Waals surface area (Å²) in [5.41, 5.74) is 1.57. The first-order valence-corrected chi connectivity index (χ1v) is 6.04. The van der Waals surface area contributed by atoms with Crippen LogP contribution in [0, 0.1) is 0 Å². The summed E-state index contributed by atoms with van der Waals surface area (Å²) in [6.45, 7) is 0. The summed E-state index contributed by atoms with van der Waals surface area (Å²) >= 11 is 0. The third-order valence-corrected chi connectivity index (χ3v) is 2.87. The first-order chi connectivity index (χ1) is 9.76. The number of phenolic OH excluding ortho intramolecular Hbond substituents is 1. The lowest BCUT2D eigenvalue weighted by molar-refractivity contribution is 0.413. The van der Waals surface area contributed by atoms with Crippen molar-refractivity contribution >= 4 is 0 Å². The molecule has 0 bridgehead atoms. The van der Waals surface area contributed by atoms with Crippen molar-refractivity contribution in [1.29, 1.82) is 0 Å². The zero-order chi connectivity index (χ0) is 13.9. The highest BCUT2D eigenvalue weighted by Crippen LogP contribution is 2.25. The smallest absolute Gasteiger partial charge is 0.258 e. The molecule has 5 heteroatoms. The van der Waals surface area contributed by atoms with Gasteiger partial charge in [-0.3, -0.25) is 0 Å². The van der Waals surface area contributed by atoms with E-state index >= 15 is 0 Å². The number of ether oxygens (including phenoxy) is 1. The van der Waals surface area contributed by atoms with Crippen LogP contribution in [0.2, 0.25) is 0 Å². The molecule has 2 aromatic carbocycles. The molecule has 100 valence electrons. The predicted octanol–water partition coefficient (Wildman–Crippen LogP) is 3.12. The molecule has 1 heterocycles. The predicted molar refractivity (Wildman–Crippen MR) is 73.4 cm³/mol. The summed E-state index contributed by atoms with van der Waals surface area (Å²) in [4.78, 5) is 4.34. The Labute approximate surface area is 115 Å². The quantitative estimate of drug-likeness (QED) is 0.790. The molecule has 20 heavy (non-hydrogen) atoms. The van der Waals surface area contributed by atoms with Crippen LogP contribution in [-0.4, -0.2) is 22.4 Å². The standard InChI is InChI=1S/C15H12N2O3/c1-19-13-4-2-3-11(9-13)15-16-14(17-20-15)10-5-7-12(18)8-6-10/h2-9,18H,1H3. The number of rotatable bonds is 3. The van der Waals surface area contributed by atoms with E-state index in [0.717, 1.165) is 16.9 Å².